The zero-order chi connectivity index (χ0) is 13.4. The number of nitrogens with zero attached hydrogens (tertiary/aromatic N) is 3. The molecule has 0 atom stereocenters. The number of rotatable bonds is 1. The van der Waals surface area contributed by atoms with E-state index in [1.54, 1.807) is 16.7 Å². The summed E-state index contributed by atoms with van der Waals surface area (Å²) in [7, 11) is 0. The van der Waals surface area contributed by atoms with Crippen molar-refractivity contribution in [3.8, 4) is 0 Å². The van der Waals surface area contributed by atoms with Crippen LogP contribution in [0.3, 0.4) is 0 Å². The van der Waals surface area contributed by atoms with Crippen LogP contribution >= 0.6 is 11.6 Å². The summed E-state index contributed by atoms with van der Waals surface area (Å²) in [6.45, 7) is 1.13. The SMILES string of the molecule is O=C(CCl)N1CCCn2c1nc1ccccc1c2=O. The maximum absolute atomic E-state index is 12.4. The molecule has 0 unspecified atom stereocenters. The third-order valence-corrected chi connectivity index (χ3v) is 3.49. The number of fused-ring (bicyclic) bond motifs is 2. The van der Waals surface area contributed by atoms with Crippen LogP contribution in [0.25, 0.3) is 10.9 Å². The van der Waals surface area contributed by atoms with Crippen molar-refractivity contribution in [2.75, 3.05) is 17.3 Å². The second-order valence-electron chi connectivity index (χ2n) is 4.42. The number of alkyl halides is 1. The molecular weight excluding hydrogens is 266 g/mol. The van der Waals surface area contributed by atoms with E-state index < -0.39 is 0 Å². The van der Waals surface area contributed by atoms with E-state index in [-0.39, 0.29) is 17.3 Å². The fourth-order valence-corrected chi connectivity index (χ4v) is 2.50. The molecular formula is C13H12ClN3O2. The quantitative estimate of drug-likeness (QED) is 0.740. The van der Waals surface area contributed by atoms with Crippen LogP contribution in [-0.4, -0.2) is 27.9 Å². The lowest BCUT2D eigenvalue weighted by Gasteiger charge is -2.28. The van der Waals surface area contributed by atoms with E-state index in [0.717, 1.165) is 6.42 Å². The third kappa shape index (κ3) is 1.90. The molecule has 1 aliphatic heterocycles. The number of carbonyl (C=O) groups excluding carboxylic acids is 1. The van der Waals surface area contributed by atoms with Crippen molar-refractivity contribution in [3.05, 3.63) is 34.6 Å². The molecule has 1 amide bonds. The molecule has 0 fully saturated rings. The van der Waals surface area contributed by atoms with Crippen LogP contribution in [0, 0.1) is 0 Å². The van der Waals surface area contributed by atoms with Gasteiger partial charge in [-0.1, -0.05) is 12.1 Å². The van der Waals surface area contributed by atoms with E-state index in [9.17, 15) is 9.59 Å². The molecule has 3 rings (SSSR count). The summed E-state index contributed by atoms with van der Waals surface area (Å²) >= 11 is 5.60. The van der Waals surface area contributed by atoms with Crippen molar-refractivity contribution in [1.82, 2.24) is 9.55 Å². The largest absolute Gasteiger partial charge is 0.281 e. The first kappa shape index (κ1) is 12.2. The lowest BCUT2D eigenvalue weighted by Crippen LogP contribution is -2.42. The molecule has 19 heavy (non-hydrogen) atoms. The van der Waals surface area contributed by atoms with E-state index >= 15 is 0 Å². The number of amides is 1. The van der Waals surface area contributed by atoms with Crippen LogP contribution in [0.15, 0.2) is 29.1 Å². The Morgan fingerprint density at radius 3 is 2.89 bits per heavy atom. The average Bonchev–Trinajstić information content (AvgIpc) is 2.46. The number of halogens is 1. The predicted molar refractivity (Wildman–Crippen MR) is 73.7 cm³/mol. The van der Waals surface area contributed by atoms with E-state index in [1.807, 2.05) is 12.1 Å². The molecule has 0 radical (unpaired) electrons. The molecule has 1 aromatic carbocycles. The lowest BCUT2D eigenvalue weighted by molar-refractivity contribution is -0.116. The zero-order valence-corrected chi connectivity index (χ0v) is 10.9. The molecule has 0 spiro atoms. The second-order valence-corrected chi connectivity index (χ2v) is 4.69. The van der Waals surface area contributed by atoms with E-state index in [4.69, 9.17) is 11.6 Å². The maximum Gasteiger partial charge on any atom is 0.262 e. The number of hydrogen-bond donors (Lipinski definition) is 0. The van der Waals surface area contributed by atoms with Crippen molar-refractivity contribution in [2.45, 2.75) is 13.0 Å². The van der Waals surface area contributed by atoms with E-state index in [0.29, 0.717) is 29.9 Å². The normalized spacial score (nSPS) is 14.5. The number of carbonyl (C=O) groups is 1. The summed E-state index contributed by atoms with van der Waals surface area (Å²) in [5.41, 5.74) is 0.501. The Morgan fingerprint density at radius 1 is 1.32 bits per heavy atom. The topological polar surface area (TPSA) is 55.2 Å². The highest BCUT2D eigenvalue weighted by molar-refractivity contribution is 6.29. The van der Waals surface area contributed by atoms with Crippen LogP contribution in [0.4, 0.5) is 5.95 Å². The number of aromatic nitrogens is 2. The van der Waals surface area contributed by atoms with Gasteiger partial charge in [0, 0.05) is 13.1 Å². The highest BCUT2D eigenvalue weighted by Crippen LogP contribution is 2.19. The average molecular weight is 278 g/mol. The Bertz CT molecular complexity index is 711. The van der Waals surface area contributed by atoms with Gasteiger partial charge in [-0.25, -0.2) is 4.98 Å². The van der Waals surface area contributed by atoms with Gasteiger partial charge in [-0.15, -0.1) is 11.6 Å². The van der Waals surface area contributed by atoms with Gasteiger partial charge < -0.3 is 0 Å². The van der Waals surface area contributed by atoms with E-state index in [2.05, 4.69) is 4.98 Å². The summed E-state index contributed by atoms with van der Waals surface area (Å²) in [4.78, 5) is 30.1. The van der Waals surface area contributed by atoms with Gasteiger partial charge in [-0.05, 0) is 18.6 Å². The Kier molecular flexibility index (Phi) is 2.98. The highest BCUT2D eigenvalue weighted by atomic mass is 35.5. The molecule has 2 aromatic rings. The van der Waals surface area contributed by atoms with Gasteiger partial charge in [0.2, 0.25) is 11.9 Å². The fourth-order valence-electron chi connectivity index (χ4n) is 2.36. The molecule has 0 bridgehead atoms. The van der Waals surface area contributed by atoms with Crippen LogP contribution in [0.5, 0.6) is 0 Å². The highest BCUT2D eigenvalue weighted by Gasteiger charge is 2.25. The van der Waals surface area contributed by atoms with Crippen molar-refractivity contribution in [2.24, 2.45) is 0 Å². The van der Waals surface area contributed by atoms with Gasteiger partial charge in [0.25, 0.3) is 5.56 Å². The third-order valence-electron chi connectivity index (χ3n) is 3.26. The number of anilines is 1. The van der Waals surface area contributed by atoms with Crippen LogP contribution in [0.2, 0.25) is 0 Å². The van der Waals surface area contributed by atoms with Gasteiger partial charge in [0.15, 0.2) is 0 Å². The summed E-state index contributed by atoms with van der Waals surface area (Å²) in [5, 5.41) is 0.575. The number of para-hydroxylation sites is 1. The smallest absolute Gasteiger partial charge is 0.262 e. The number of benzene rings is 1. The van der Waals surface area contributed by atoms with Crippen LogP contribution < -0.4 is 10.5 Å². The second kappa shape index (κ2) is 4.66. The standard InChI is InChI=1S/C13H12ClN3O2/c14-8-11(18)16-6-3-7-17-12(19)9-4-1-2-5-10(9)15-13(16)17/h1-2,4-5H,3,6-8H2. The molecule has 0 aliphatic carbocycles. The van der Waals surface area contributed by atoms with Crippen molar-refractivity contribution < 1.29 is 4.79 Å². The molecule has 0 N–H and O–H groups in total. The summed E-state index contributed by atoms with van der Waals surface area (Å²) in [6.07, 6.45) is 0.732. The Morgan fingerprint density at radius 2 is 2.11 bits per heavy atom. The van der Waals surface area contributed by atoms with Crippen LogP contribution in [0.1, 0.15) is 6.42 Å². The van der Waals surface area contributed by atoms with E-state index in [1.165, 1.54) is 4.90 Å². The lowest BCUT2D eigenvalue weighted by atomic mass is 10.2. The monoisotopic (exact) mass is 277 g/mol. The first-order valence-corrected chi connectivity index (χ1v) is 6.62. The van der Waals surface area contributed by atoms with Gasteiger partial charge in [0.1, 0.15) is 5.88 Å². The molecule has 0 saturated carbocycles. The minimum Gasteiger partial charge on any atom is -0.281 e. The molecule has 5 nitrogen and oxygen atoms in total. The van der Waals surface area contributed by atoms with Crippen LogP contribution in [-0.2, 0) is 11.3 Å². The first-order chi connectivity index (χ1) is 9.22. The summed E-state index contributed by atoms with van der Waals surface area (Å²) in [5.74, 6) is 0.0702. The Labute approximate surface area is 114 Å². The van der Waals surface area contributed by atoms with Crippen molar-refractivity contribution in [1.29, 1.82) is 0 Å². The molecule has 1 aromatic heterocycles. The van der Waals surface area contributed by atoms with Gasteiger partial charge in [0.05, 0.1) is 10.9 Å². The van der Waals surface area contributed by atoms with Gasteiger partial charge in [-0.3, -0.25) is 19.1 Å². The molecule has 2 heterocycles. The minimum atomic E-state index is -0.225. The van der Waals surface area contributed by atoms with Gasteiger partial charge >= 0.3 is 0 Å². The molecule has 98 valence electrons. The van der Waals surface area contributed by atoms with Crippen molar-refractivity contribution >= 4 is 34.4 Å². The zero-order valence-electron chi connectivity index (χ0n) is 10.2. The first-order valence-electron chi connectivity index (χ1n) is 6.08. The van der Waals surface area contributed by atoms with Crippen molar-refractivity contribution in [3.63, 3.8) is 0 Å². The maximum atomic E-state index is 12.4. The summed E-state index contributed by atoms with van der Waals surface area (Å²) < 4.78 is 1.55. The number of hydrogen-bond acceptors (Lipinski definition) is 3. The fraction of sp³-hybridized carbons (Fsp3) is 0.308. The minimum absolute atomic E-state index is 0.104. The Balaban J connectivity index is 2.27. The Hall–Kier alpha value is -1.88. The summed E-state index contributed by atoms with van der Waals surface area (Å²) in [6, 6.07) is 7.15. The van der Waals surface area contributed by atoms with Gasteiger partial charge in [-0.2, -0.15) is 0 Å². The molecule has 1 aliphatic rings. The molecule has 6 heteroatoms. The molecule has 0 saturated heterocycles. The predicted octanol–water partition coefficient (Wildman–Crippen LogP) is 1.37.